The van der Waals surface area contributed by atoms with Crippen molar-refractivity contribution in [3.8, 4) is 0 Å². The number of unbranched alkanes of at least 4 members (excludes halogenated alkanes) is 1. The van der Waals surface area contributed by atoms with Gasteiger partial charge in [0.25, 0.3) is 0 Å². The lowest BCUT2D eigenvalue weighted by molar-refractivity contribution is 0.741. The van der Waals surface area contributed by atoms with Crippen molar-refractivity contribution < 1.29 is 0 Å². The molecule has 0 spiro atoms. The molecule has 1 heterocycles. The second-order valence-electron chi connectivity index (χ2n) is 3.81. The number of hydrogen-bond donors (Lipinski definition) is 2. The number of thioether (sulfide) groups is 1. The SMILES string of the molecule is CCc1nn(C)c(NCCCCSC)c1N. The third-order valence-electron chi connectivity index (χ3n) is 2.56. The maximum Gasteiger partial charge on any atom is 0.147 e. The molecule has 0 fully saturated rings. The minimum atomic E-state index is 0.801. The largest absolute Gasteiger partial charge is 0.394 e. The van der Waals surface area contributed by atoms with E-state index >= 15 is 0 Å². The summed E-state index contributed by atoms with van der Waals surface area (Å²) in [5.74, 6) is 2.18. The molecule has 0 amide bonds. The van der Waals surface area contributed by atoms with Crippen LogP contribution in [0.5, 0.6) is 0 Å². The summed E-state index contributed by atoms with van der Waals surface area (Å²) in [6.07, 6.45) is 5.44. The number of nitrogens with two attached hydrogens (primary N) is 1. The summed E-state index contributed by atoms with van der Waals surface area (Å²) >= 11 is 1.89. The van der Waals surface area contributed by atoms with Gasteiger partial charge < -0.3 is 11.1 Å². The first-order valence-corrected chi connectivity index (χ1v) is 7.14. The van der Waals surface area contributed by atoms with Gasteiger partial charge in [0.05, 0.1) is 11.4 Å². The van der Waals surface area contributed by atoms with Crippen LogP contribution < -0.4 is 11.1 Å². The van der Waals surface area contributed by atoms with E-state index in [9.17, 15) is 0 Å². The van der Waals surface area contributed by atoms with Gasteiger partial charge in [-0.3, -0.25) is 4.68 Å². The lowest BCUT2D eigenvalue weighted by Gasteiger charge is -2.07. The molecule has 0 radical (unpaired) electrons. The average molecular weight is 242 g/mol. The van der Waals surface area contributed by atoms with Crippen molar-refractivity contribution in [2.24, 2.45) is 7.05 Å². The monoisotopic (exact) mass is 242 g/mol. The summed E-state index contributed by atoms with van der Waals surface area (Å²) in [6.45, 7) is 3.04. The Labute approximate surface area is 102 Å². The van der Waals surface area contributed by atoms with Crippen molar-refractivity contribution in [1.29, 1.82) is 0 Å². The summed E-state index contributed by atoms with van der Waals surface area (Å²) in [7, 11) is 1.93. The topological polar surface area (TPSA) is 55.9 Å². The summed E-state index contributed by atoms with van der Waals surface area (Å²) in [6, 6.07) is 0. The molecule has 92 valence electrons. The van der Waals surface area contributed by atoms with E-state index in [2.05, 4.69) is 23.6 Å². The number of aryl methyl sites for hydroxylation is 2. The Balaban J connectivity index is 2.44. The van der Waals surface area contributed by atoms with Crippen LogP contribution in [-0.4, -0.2) is 28.3 Å². The number of nitrogens with zero attached hydrogens (tertiary/aromatic N) is 2. The predicted octanol–water partition coefficient (Wildman–Crippen LogP) is 2.12. The average Bonchev–Trinajstić information content (AvgIpc) is 2.55. The van der Waals surface area contributed by atoms with E-state index in [-0.39, 0.29) is 0 Å². The normalized spacial score (nSPS) is 10.7. The van der Waals surface area contributed by atoms with Gasteiger partial charge in [-0.25, -0.2) is 0 Å². The molecule has 0 aromatic carbocycles. The van der Waals surface area contributed by atoms with Crippen LogP contribution >= 0.6 is 11.8 Å². The molecule has 16 heavy (non-hydrogen) atoms. The molecule has 1 rings (SSSR count). The van der Waals surface area contributed by atoms with Crippen molar-refractivity contribution in [1.82, 2.24) is 9.78 Å². The highest BCUT2D eigenvalue weighted by molar-refractivity contribution is 7.98. The third kappa shape index (κ3) is 3.33. The molecule has 0 saturated carbocycles. The van der Waals surface area contributed by atoms with E-state index in [0.29, 0.717) is 0 Å². The van der Waals surface area contributed by atoms with Crippen LogP contribution in [-0.2, 0) is 13.5 Å². The van der Waals surface area contributed by atoms with Crippen LogP contribution in [0, 0.1) is 0 Å². The van der Waals surface area contributed by atoms with Gasteiger partial charge in [-0.05, 0) is 31.3 Å². The predicted molar refractivity (Wildman–Crippen MR) is 73.1 cm³/mol. The summed E-state index contributed by atoms with van der Waals surface area (Å²) in [5, 5.41) is 7.73. The first-order chi connectivity index (χ1) is 7.70. The fraction of sp³-hybridized carbons (Fsp3) is 0.727. The van der Waals surface area contributed by atoms with Crippen molar-refractivity contribution in [3.05, 3.63) is 5.69 Å². The highest BCUT2D eigenvalue weighted by Crippen LogP contribution is 2.22. The summed E-state index contributed by atoms with van der Waals surface area (Å²) < 4.78 is 1.84. The van der Waals surface area contributed by atoms with Crippen LogP contribution in [0.25, 0.3) is 0 Å². The fourth-order valence-electron chi connectivity index (χ4n) is 1.64. The molecular formula is C11H22N4S. The van der Waals surface area contributed by atoms with Gasteiger partial charge >= 0.3 is 0 Å². The maximum absolute atomic E-state index is 6.01. The smallest absolute Gasteiger partial charge is 0.147 e. The number of rotatable bonds is 7. The second kappa shape index (κ2) is 6.68. The van der Waals surface area contributed by atoms with E-state index in [1.54, 1.807) is 0 Å². The van der Waals surface area contributed by atoms with Gasteiger partial charge in [0.1, 0.15) is 5.82 Å². The van der Waals surface area contributed by atoms with E-state index in [1.807, 2.05) is 23.5 Å². The van der Waals surface area contributed by atoms with Gasteiger partial charge in [0, 0.05) is 13.6 Å². The molecule has 0 bridgehead atoms. The standard InChI is InChI=1S/C11H22N4S/c1-4-9-10(12)11(15(2)14-9)13-7-5-6-8-16-3/h13H,4-8,12H2,1-3H3. The Morgan fingerprint density at radius 3 is 2.75 bits per heavy atom. The van der Waals surface area contributed by atoms with Crippen LogP contribution in [0.3, 0.4) is 0 Å². The molecule has 0 saturated heterocycles. The zero-order valence-corrected chi connectivity index (χ0v) is 11.2. The highest BCUT2D eigenvalue weighted by Gasteiger charge is 2.10. The molecule has 3 N–H and O–H groups in total. The van der Waals surface area contributed by atoms with Crippen LogP contribution in [0.4, 0.5) is 11.5 Å². The number of nitrogen functional groups attached to an aromatic ring is 1. The Hall–Kier alpha value is -0.840. The molecule has 1 aromatic rings. The lowest BCUT2D eigenvalue weighted by Crippen LogP contribution is -2.08. The number of nitrogens with one attached hydrogen (secondary N) is 1. The zero-order chi connectivity index (χ0) is 12.0. The Morgan fingerprint density at radius 2 is 2.19 bits per heavy atom. The number of anilines is 2. The Kier molecular flexibility index (Phi) is 5.52. The second-order valence-corrected chi connectivity index (χ2v) is 4.80. The van der Waals surface area contributed by atoms with E-state index in [1.165, 1.54) is 18.6 Å². The van der Waals surface area contributed by atoms with Crippen molar-refractivity contribution in [2.75, 3.05) is 29.6 Å². The van der Waals surface area contributed by atoms with Gasteiger partial charge in [0.2, 0.25) is 0 Å². The maximum atomic E-state index is 6.01. The van der Waals surface area contributed by atoms with Gasteiger partial charge in [-0.2, -0.15) is 16.9 Å². The molecule has 0 unspecified atom stereocenters. The first kappa shape index (κ1) is 13.2. The van der Waals surface area contributed by atoms with Crippen molar-refractivity contribution in [2.45, 2.75) is 26.2 Å². The Bertz CT molecular complexity index is 322. The lowest BCUT2D eigenvalue weighted by atomic mass is 10.3. The number of aromatic nitrogens is 2. The molecule has 0 aliphatic heterocycles. The molecule has 5 heteroatoms. The summed E-state index contributed by atoms with van der Waals surface area (Å²) in [4.78, 5) is 0. The van der Waals surface area contributed by atoms with E-state index in [4.69, 9.17) is 5.73 Å². The summed E-state index contributed by atoms with van der Waals surface area (Å²) in [5.41, 5.74) is 7.79. The fourth-order valence-corrected chi connectivity index (χ4v) is 2.14. The van der Waals surface area contributed by atoms with E-state index in [0.717, 1.165) is 30.2 Å². The molecule has 1 aromatic heterocycles. The van der Waals surface area contributed by atoms with Crippen molar-refractivity contribution >= 4 is 23.3 Å². The molecule has 0 aliphatic rings. The van der Waals surface area contributed by atoms with Crippen LogP contribution in [0.15, 0.2) is 0 Å². The minimum absolute atomic E-state index is 0.801. The molecule has 0 aliphatic carbocycles. The van der Waals surface area contributed by atoms with E-state index < -0.39 is 0 Å². The van der Waals surface area contributed by atoms with Crippen LogP contribution in [0.1, 0.15) is 25.5 Å². The van der Waals surface area contributed by atoms with Gasteiger partial charge in [-0.1, -0.05) is 6.92 Å². The first-order valence-electron chi connectivity index (χ1n) is 5.74. The Morgan fingerprint density at radius 1 is 1.44 bits per heavy atom. The quantitative estimate of drug-likeness (QED) is 0.719. The molecule has 4 nitrogen and oxygen atoms in total. The number of hydrogen-bond acceptors (Lipinski definition) is 4. The minimum Gasteiger partial charge on any atom is -0.394 e. The van der Waals surface area contributed by atoms with Gasteiger partial charge in [-0.15, -0.1) is 0 Å². The highest BCUT2D eigenvalue weighted by atomic mass is 32.2. The van der Waals surface area contributed by atoms with Gasteiger partial charge in [0.15, 0.2) is 0 Å². The van der Waals surface area contributed by atoms with Crippen LogP contribution in [0.2, 0.25) is 0 Å². The van der Waals surface area contributed by atoms with Crippen molar-refractivity contribution in [3.63, 3.8) is 0 Å². The zero-order valence-electron chi connectivity index (χ0n) is 10.4. The molecular weight excluding hydrogens is 220 g/mol. The third-order valence-corrected chi connectivity index (χ3v) is 3.26. The molecule has 0 atom stereocenters.